The van der Waals surface area contributed by atoms with Crippen LogP contribution in [-0.2, 0) is 17.8 Å². The van der Waals surface area contributed by atoms with E-state index in [1.165, 1.54) is 4.88 Å². The van der Waals surface area contributed by atoms with Crippen molar-refractivity contribution in [1.29, 1.82) is 0 Å². The van der Waals surface area contributed by atoms with E-state index in [1.54, 1.807) is 11.3 Å². The number of aromatic nitrogens is 1. The predicted octanol–water partition coefficient (Wildman–Crippen LogP) is 2.54. The maximum Gasteiger partial charge on any atom is 0.264 e. The third-order valence-corrected chi connectivity index (χ3v) is 4.61. The second-order valence-corrected chi connectivity index (χ2v) is 6.24. The first kappa shape index (κ1) is 15.0. The van der Waals surface area contributed by atoms with E-state index in [2.05, 4.69) is 22.1 Å². The second kappa shape index (κ2) is 6.89. The quantitative estimate of drug-likeness (QED) is 0.921. The molecule has 1 N–H and O–H groups in total. The summed E-state index contributed by atoms with van der Waals surface area (Å²) < 4.78 is 5.43. The lowest BCUT2D eigenvalue weighted by molar-refractivity contribution is -0.118. The minimum Gasteiger partial charge on any atom is -0.484 e. The molecule has 5 nitrogen and oxygen atoms in total. The summed E-state index contributed by atoms with van der Waals surface area (Å²) in [7, 11) is 0. The molecule has 0 saturated carbocycles. The van der Waals surface area contributed by atoms with Gasteiger partial charge in [-0.05, 0) is 18.7 Å². The number of hydrogen-bond donors (Lipinski definition) is 1. The van der Waals surface area contributed by atoms with Crippen LogP contribution in [0.15, 0.2) is 30.3 Å². The minimum atomic E-state index is -0.178. The topological polar surface area (TPSA) is 54.5 Å². The van der Waals surface area contributed by atoms with Crippen LogP contribution in [0.3, 0.4) is 0 Å². The molecule has 0 fully saturated rings. The predicted molar refractivity (Wildman–Crippen MR) is 87.3 cm³/mol. The number of hydrogen-bond acceptors (Lipinski definition) is 5. The van der Waals surface area contributed by atoms with Crippen molar-refractivity contribution in [3.8, 4) is 5.75 Å². The molecule has 0 spiro atoms. The van der Waals surface area contributed by atoms with Crippen molar-refractivity contribution >= 4 is 22.4 Å². The van der Waals surface area contributed by atoms with Crippen LogP contribution in [0.1, 0.15) is 17.5 Å². The fourth-order valence-corrected chi connectivity index (χ4v) is 3.46. The van der Waals surface area contributed by atoms with Crippen LogP contribution in [-0.4, -0.2) is 35.5 Å². The monoisotopic (exact) mass is 317 g/mol. The summed E-state index contributed by atoms with van der Waals surface area (Å²) in [5, 5.41) is 3.50. The maximum absolute atomic E-state index is 11.9. The highest BCUT2D eigenvalue weighted by molar-refractivity contribution is 7.15. The Morgan fingerprint density at radius 1 is 1.41 bits per heavy atom. The lowest BCUT2D eigenvalue weighted by Crippen LogP contribution is -2.29. The van der Waals surface area contributed by atoms with Crippen molar-refractivity contribution in [2.75, 3.05) is 25.0 Å². The Hall–Kier alpha value is -1.92. The Kier molecular flexibility index (Phi) is 4.70. The van der Waals surface area contributed by atoms with Crippen molar-refractivity contribution < 1.29 is 9.53 Å². The van der Waals surface area contributed by atoms with Gasteiger partial charge >= 0.3 is 0 Å². The van der Waals surface area contributed by atoms with E-state index in [-0.39, 0.29) is 12.5 Å². The number of nitrogens with one attached hydrogen (secondary N) is 1. The molecule has 1 amide bonds. The average molecular weight is 317 g/mol. The zero-order valence-electron chi connectivity index (χ0n) is 12.5. The number of amides is 1. The third kappa shape index (κ3) is 3.64. The fourth-order valence-electron chi connectivity index (χ4n) is 2.39. The molecule has 0 bridgehead atoms. The Balaban J connectivity index is 1.55. The SMILES string of the molecule is CCN1CCc2nc(NC(=O)COc3ccccc3)sc2C1. The van der Waals surface area contributed by atoms with Crippen molar-refractivity contribution in [3.63, 3.8) is 0 Å². The normalized spacial score (nSPS) is 14.4. The summed E-state index contributed by atoms with van der Waals surface area (Å²) in [6.07, 6.45) is 0.954. The summed E-state index contributed by atoms with van der Waals surface area (Å²) in [6, 6.07) is 9.32. The summed E-state index contributed by atoms with van der Waals surface area (Å²) >= 11 is 1.56. The molecule has 0 aliphatic carbocycles. The van der Waals surface area contributed by atoms with Gasteiger partial charge in [-0.3, -0.25) is 15.0 Å². The molecule has 0 unspecified atom stereocenters. The van der Waals surface area contributed by atoms with Gasteiger partial charge in [0.1, 0.15) is 5.75 Å². The summed E-state index contributed by atoms with van der Waals surface area (Å²) in [5.41, 5.74) is 1.12. The van der Waals surface area contributed by atoms with E-state index in [9.17, 15) is 4.79 Å². The van der Waals surface area contributed by atoms with E-state index >= 15 is 0 Å². The van der Waals surface area contributed by atoms with Gasteiger partial charge in [0.15, 0.2) is 11.7 Å². The van der Waals surface area contributed by atoms with Gasteiger partial charge in [-0.2, -0.15) is 0 Å². The largest absolute Gasteiger partial charge is 0.484 e. The zero-order valence-corrected chi connectivity index (χ0v) is 13.4. The lowest BCUT2D eigenvalue weighted by Gasteiger charge is -2.23. The van der Waals surface area contributed by atoms with Gasteiger partial charge < -0.3 is 4.74 Å². The minimum absolute atomic E-state index is 0.00462. The number of thiazole rings is 1. The van der Waals surface area contributed by atoms with E-state index in [0.717, 1.165) is 31.7 Å². The summed E-state index contributed by atoms with van der Waals surface area (Å²) in [6.45, 7) is 5.17. The van der Waals surface area contributed by atoms with Crippen LogP contribution < -0.4 is 10.1 Å². The van der Waals surface area contributed by atoms with Crippen LogP contribution in [0.4, 0.5) is 5.13 Å². The van der Waals surface area contributed by atoms with Gasteiger partial charge in [-0.25, -0.2) is 4.98 Å². The highest BCUT2D eigenvalue weighted by Gasteiger charge is 2.20. The van der Waals surface area contributed by atoms with E-state index < -0.39 is 0 Å². The Morgan fingerprint density at radius 3 is 3.00 bits per heavy atom. The Bertz CT molecular complexity index is 642. The molecule has 0 atom stereocenters. The van der Waals surface area contributed by atoms with Crippen molar-refractivity contribution in [2.24, 2.45) is 0 Å². The molecular weight excluding hydrogens is 298 g/mol. The fraction of sp³-hybridized carbons (Fsp3) is 0.375. The van der Waals surface area contributed by atoms with Crippen LogP contribution in [0.2, 0.25) is 0 Å². The molecule has 22 heavy (non-hydrogen) atoms. The first-order valence-electron chi connectivity index (χ1n) is 7.43. The molecule has 0 saturated heterocycles. The number of carbonyl (C=O) groups is 1. The molecule has 1 aromatic heterocycles. The molecule has 2 heterocycles. The second-order valence-electron chi connectivity index (χ2n) is 5.16. The third-order valence-electron chi connectivity index (χ3n) is 3.62. The molecule has 1 aromatic carbocycles. The van der Waals surface area contributed by atoms with Gasteiger partial charge in [-0.15, -0.1) is 11.3 Å². The van der Waals surface area contributed by atoms with Gasteiger partial charge in [0, 0.05) is 24.4 Å². The summed E-state index contributed by atoms with van der Waals surface area (Å²) in [5.74, 6) is 0.511. The zero-order chi connectivity index (χ0) is 15.4. The van der Waals surface area contributed by atoms with Crippen molar-refractivity contribution in [2.45, 2.75) is 19.9 Å². The number of fused-ring (bicyclic) bond motifs is 1. The molecule has 3 rings (SSSR count). The van der Waals surface area contributed by atoms with Gasteiger partial charge in [0.25, 0.3) is 5.91 Å². The van der Waals surface area contributed by atoms with E-state index in [1.807, 2.05) is 30.3 Å². The molecule has 1 aliphatic heterocycles. The van der Waals surface area contributed by atoms with Crippen LogP contribution in [0, 0.1) is 0 Å². The number of benzene rings is 1. The maximum atomic E-state index is 11.9. The highest BCUT2D eigenvalue weighted by atomic mass is 32.1. The van der Waals surface area contributed by atoms with Crippen molar-refractivity contribution in [1.82, 2.24) is 9.88 Å². The van der Waals surface area contributed by atoms with Crippen LogP contribution >= 0.6 is 11.3 Å². The van der Waals surface area contributed by atoms with Crippen LogP contribution in [0.25, 0.3) is 0 Å². The average Bonchev–Trinajstić information content (AvgIpc) is 2.95. The number of ether oxygens (including phenoxy) is 1. The number of carbonyl (C=O) groups excluding carboxylic acids is 1. The molecule has 0 radical (unpaired) electrons. The number of anilines is 1. The Morgan fingerprint density at radius 2 is 2.23 bits per heavy atom. The van der Waals surface area contributed by atoms with E-state index in [0.29, 0.717) is 10.9 Å². The lowest BCUT2D eigenvalue weighted by atomic mass is 10.2. The number of nitrogens with zero attached hydrogens (tertiary/aromatic N) is 2. The van der Waals surface area contributed by atoms with Gasteiger partial charge in [-0.1, -0.05) is 25.1 Å². The molecule has 116 valence electrons. The molecule has 1 aliphatic rings. The first-order chi connectivity index (χ1) is 10.7. The number of likely N-dealkylation sites (N-methyl/N-ethyl adjacent to an activating group) is 1. The number of rotatable bonds is 5. The Labute approximate surface area is 133 Å². The van der Waals surface area contributed by atoms with E-state index in [4.69, 9.17) is 4.74 Å². The molecule has 6 heteroatoms. The van der Waals surface area contributed by atoms with Crippen LogP contribution in [0.5, 0.6) is 5.75 Å². The van der Waals surface area contributed by atoms with Gasteiger partial charge in [0.2, 0.25) is 0 Å². The standard InChI is InChI=1S/C16H19N3O2S/c1-2-19-9-8-13-14(10-19)22-16(17-13)18-15(20)11-21-12-6-4-3-5-7-12/h3-7H,2,8-11H2,1H3,(H,17,18,20). The first-order valence-corrected chi connectivity index (χ1v) is 8.25. The molecule has 2 aromatic rings. The smallest absolute Gasteiger partial charge is 0.264 e. The van der Waals surface area contributed by atoms with Gasteiger partial charge in [0.05, 0.1) is 5.69 Å². The number of para-hydroxylation sites is 1. The van der Waals surface area contributed by atoms with Crippen molar-refractivity contribution in [3.05, 3.63) is 40.9 Å². The molecular formula is C16H19N3O2S. The highest BCUT2D eigenvalue weighted by Crippen LogP contribution is 2.28. The summed E-state index contributed by atoms with van der Waals surface area (Å²) in [4.78, 5) is 20.1.